The number of carboxylic acid groups (broad SMARTS) is 1. The van der Waals surface area contributed by atoms with Crippen molar-refractivity contribution < 1.29 is 28.2 Å². The Morgan fingerprint density at radius 2 is 1.90 bits per heavy atom. The molecule has 2 aromatic carbocycles. The fraction of sp³-hybridized carbons (Fsp3) is 0.250. The number of amides is 1. The van der Waals surface area contributed by atoms with Crippen molar-refractivity contribution in [3.05, 3.63) is 70.9 Å². The fourth-order valence-electron chi connectivity index (χ4n) is 4.26. The summed E-state index contributed by atoms with van der Waals surface area (Å²) >= 11 is 0. The number of halogens is 2. The molecule has 0 radical (unpaired) electrons. The molecule has 39 heavy (non-hydrogen) atoms. The van der Waals surface area contributed by atoms with Gasteiger partial charge in [-0.05, 0) is 69.2 Å². The Balaban J connectivity index is 1.84. The summed E-state index contributed by atoms with van der Waals surface area (Å²) in [4.78, 5) is 29.3. The standard InChI is InChI=1S/C28H25F2N5O4/c1-15-9-16(14-34(5)27(38)39-28(2,3)4)10-20(29)24(15)18-12-19-22(11-17(18)13-31)35(26(36)37)33-25(19)21-7-6-8-23(30)32-21/h6-12H,14H2,1-5H3,(H,36,37). The smallest absolute Gasteiger partial charge is 0.432 e. The van der Waals surface area contributed by atoms with Crippen molar-refractivity contribution in [3.8, 4) is 28.6 Å². The molecule has 1 N–H and O–H groups in total. The minimum atomic E-state index is -1.42. The molecule has 0 aliphatic heterocycles. The number of nitriles is 1. The number of nitrogens with zero attached hydrogens (tertiary/aromatic N) is 5. The summed E-state index contributed by atoms with van der Waals surface area (Å²) in [6.45, 7) is 6.99. The molecule has 1 amide bonds. The van der Waals surface area contributed by atoms with Crippen LogP contribution in [-0.4, -0.2) is 49.6 Å². The number of hydrogen-bond donors (Lipinski definition) is 1. The molecule has 0 aliphatic rings. The van der Waals surface area contributed by atoms with Gasteiger partial charge in [-0.3, -0.25) is 0 Å². The molecule has 2 heterocycles. The largest absolute Gasteiger partial charge is 0.463 e. The highest BCUT2D eigenvalue weighted by molar-refractivity contribution is 6.00. The first kappa shape index (κ1) is 27.2. The van der Waals surface area contributed by atoms with Crippen LogP contribution >= 0.6 is 0 Å². The number of carbonyl (C=O) groups excluding carboxylic acids is 1. The van der Waals surface area contributed by atoms with Crippen LogP contribution in [0.25, 0.3) is 33.4 Å². The van der Waals surface area contributed by atoms with E-state index in [1.165, 1.54) is 35.2 Å². The minimum absolute atomic E-state index is 0.0178. The Kier molecular flexibility index (Phi) is 7.07. The van der Waals surface area contributed by atoms with Gasteiger partial charge in [0.25, 0.3) is 0 Å². The van der Waals surface area contributed by atoms with Crippen molar-refractivity contribution in [1.82, 2.24) is 19.7 Å². The van der Waals surface area contributed by atoms with Gasteiger partial charge >= 0.3 is 12.2 Å². The van der Waals surface area contributed by atoms with Gasteiger partial charge < -0.3 is 14.7 Å². The molecule has 0 unspecified atom stereocenters. The molecule has 2 aromatic heterocycles. The first-order valence-corrected chi connectivity index (χ1v) is 11.9. The van der Waals surface area contributed by atoms with Crippen molar-refractivity contribution in [2.24, 2.45) is 0 Å². The number of fused-ring (bicyclic) bond motifs is 1. The highest BCUT2D eigenvalue weighted by Gasteiger charge is 2.24. The third-order valence-electron chi connectivity index (χ3n) is 5.82. The van der Waals surface area contributed by atoms with E-state index < -0.39 is 29.6 Å². The van der Waals surface area contributed by atoms with E-state index in [2.05, 4.69) is 10.1 Å². The lowest BCUT2D eigenvalue weighted by atomic mass is 9.92. The fourth-order valence-corrected chi connectivity index (χ4v) is 4.26. The number of rotatable bonds is 4. The molecule has 9 nitrogen and oxygen atoms in total. The highest BCUT2D eigenvalue weighted by atomic mass is 19.1. The van der Waals surface area contributed by atoms with E-state index in [4.69, 9.17) is 4.74 Å². The van der Waals surface area contributed by atoms with Crippen molar-refractivity contribution in [1.29, 1.82) is 5.26 Å². The summed E-state index contributed by atoms with van der Waals surface area (Å²) < 4.78 is 35.5. The zero-order chi connectivity index (χ0) is 28.6. The summed E-state index contributed by atoms with van der Waals surface area (Å²) in [5.74, 6) is -1.43. The maximum atomic E-state index is 15.6. The van der Waals surface area contributed by atoms with Gasteiger partial charge in [-0.15, -0.1) is 0 Å². The molecular weight excluding hydrogens is 508 g/mol. The van der Waals surface area contributed by atoms with Crippen LogP contribution in [0.3, 0.4) is 0 Å². The summed E-state index contributed by atoms with van der Waals surface area (Å²) in [6.07, 6.45) is -1.98. The van der Waals surface area contributed by atoms with Crippen molar-refractivity contribution in [2.45, 2.75) is 39.8 Å². The predicted molar refractivity (Wildman–Crippen MR) is 139 cm³/mol. The molecule has 0 atom stereocenters. The monoisotopic (exact) mass is 533 g/mol. The van der Waals surface area contributed by atoms with E-state index in [0.717, 1.165) is 6.07 Å². The molecule has 0 spiro atoms. The van der Waals surface area contributed by atoms with E-state index >= 15 is 4.39 Å². The normalized spacial score (nSPS) is 11.3. The first-order chi connectivity index (χ1) is 18.3. The third-order valence-corrected chi connectivity index (χ3v) is 5.82. The third kappa shape index (κ3) is 5.55. The predicted octanol–water partition coefficient (Wildman–Crippen LogP) is 6.12. The van der Waals surface area contributed by atoms with E-state index in [-0.39, 0.29) is 45.5 Å². The number of benzene rings is 2. The highest BCUT2D eigenvalue weighted by Crippen LogP contribution is 2.37. The lowest BCUT2D eigenvalue weighted by molar-refractivity contribution is 0.0285. The number of aromatic nitrogens is 3. The van der Waals surface area contributed by atoms with Crippen LogP contribution in [0.4, 0.5) is 18.4 Å². The van der Waals surface area contributed by atoms with Gasteiger partial charge in [-0.25, -0.2) is 19.0 Å². The second-order valence-electron chi connectivity index (χ2n) is 10.0. The van der Waals surface area contributed by atoms with Crippen LogP contribution < -0.4 is 0 Å². The Hall–Kier alpha value is -4.85. The Bertz CT molecular complexity index is 1640. The number of carbonyl (C=O) groups is 2. The lowest BCUT2D eigenvalue weighted by Crippen LogP contribution is -2.33. The number of aryl methyl sites for hydroxylation is 1. The van der Waals surface area contributed by atoms with Gasteiger partial charge in [0.15, 0.2) is 0 Å². The van der Waals surface area contributed by atoms with Crippen molar-refractivity contribution in [2.75, 3.05) is 7.05 Å². The maximum absolute atomic E-state index is 15.6. The Morgan fingerprint density at radius 1 is 1.18 bits per heavy atom. The van der Waals surface area contributed by atoms with Crippen LogP contribution in [0, 0.1) is 30.0 Å². The molecule has 11 heteroatoms. The van der Waals surface area contributed by atoms with Crippen LogP contribution in [0.5, 0.6) is 0 Å². The quantitative estimate of drug-likeness (QED) is 0.314. The van der Waals surface area contributed by atoms with Gasteiger partial charge in [0, 0.05) is 30.1 Å². The number of ether oxygens (including phenoxy) is 1. The summed E-state index contributed by atoms with van der Waals surface area (Å²) in [7, 11) is 1.54. The van der Waals surface area contributed by atoms with E-state index in [9.17, 15) is 24.3 Å². The van der Waals surface area contributed by atoms with E-state index in [1.54, 1.807) is 40.8 Å². The average Bonchev–Trinajstić information content (AvgIpc) is 3.21. The van der Waals surface area contributed by atoms with Crippen molar-refractivity contribution in [3.63, 3.8) is 0 Å². The molecule has 0 saturated carbocycles. The topological polar surface area (TPSA) is 121 Å². The molecule has 200 valence electrons. The second kappa shape index (κ2) is 10.1. The zero-order valence-electron chi connectivity index (χ0n) is 21.9. The number of pyridine rings is 1. The van der Waals surface area contributed by atoms with Crippen LogP contribution in [0.15, 0.2) is 42.5 Å². The molecule has 0 aliphatic carbocycles. The van der Waals surface area contributed by atoms with Gasteiger partial charge in [0.1, 0.15) is 17.1 Å². The van der Waals surface area contributed by atoms with E-state index in [0.29, 0.717) is 15.8 Å². The molecular formula is C28H25F2N5O4. The van der Waals surface area contributed by atoms with Gasteiger partial charge in [0.2, 0.25) is 5.95 Å². The van der Waals surface area contributed by atoms with Crippen molar-refractivity contribution >= 4 is 23.1 Å². The summed E-state index contributed by atoms with van der Waals surface area (Å²) in [5, 5.41) is 23.9. The molecule has 4 aromatic rings. The van der Waals surface area contributed by atoms with Gasteiger partial charge in [-0.1, -0.05) is 12.1 Å². The van der Waals surface area contributed by atoms with E-state index in [1.807, 2.05) is 6.07 Å². The minimum Gasteiger partial charge on any atom is -0.463 e. The van der Waals surface area contributed by atoms with Gasteiger partial charge in [-0.2, -0.15) is 19.4 Å². The van der Waals surface area contributed by atoms with Crippen LogP contribution in [-0.2, 0) is 11.3 Å². The van der Waals surface area contributed by atoms with Gasteiger partial charge in [0.05, 0.1) is 22.8 Å². The summed E-state index contributed by atoms with van der Waals surface area (Å²) in [6, 6.07) is 11.7. The second-order valence-corrected chi connectivity index (χ2v) is 10.0. The summed E-state index contributed by atoms with van der Waals surface area (Å²) in [5.41, 5.74) is 0.853. The van der Waals surface area contributed by atoms with Crippen LogP contribution in [0.2, 0.25) is 0 Å². The lowest BCUT2D eigenvalue weighted by Gasteiger charge is -2.25. The number of hydrogen-bond acceptors (Lipinski definition) is 6. The average molecular weight is 534 g/mol. The molecule has 0 bridgehead atoms. The Morgan fingerprint density at radius 3 is 2.49 bits per heavy atom. The first-order valence-electron chi connectivity index (χ1n) is 11.9. The Labute approximate surface area is 222 Å². The SMILES string of the molecule is Cc1cc(CN(C)C(=O)OC(C)(C)C)cc(F)c1-c1cc2c(-c3cccc(F)n3)nn(C(=O)O)c2cc1C#N. The maximum Gasteiger partial charge on any atom is 0.432 e. The van der Waals surface area contributed by atoms with Crippen LogP contribution in [0.1, 0.15) is 37.5 Å². The molecule has 0 saturated heterocycles. The molecule has 0 fully saturated rings. The molecule has 4 rings (SSSR count). The zero-order valence-corrected chi connectivity index (χ0v) is 21.9.